The molecule has 1 aliphatic heterocycles. The van der Waals surface area contributed by atoms with Crippen LogP contribution in [-0.4, -0.2) is 60.1 Å². The van der Waals surface area contributed by atoms with Gasteiger partial charge in [0, 0.05) is 37.3 Å². The molecule has 1 heterocycles. The molecule has 1 aliphatic rings. The number of rotatable bonds is 6. The van der Waals surface area contributed by atoms with Gasteiger partial charge < -0.3 is 5.32 Å². The Bertz CT molecular complexity index is 230. The van der Waals surface area contributed by atoms with Crippen LogP contribution in [0.1, 0.15) is 48.0 Å². The third kappa shape index (κ3) is 4.87. The quantitative estimate of drug-likeness (QED) is 0.785. The summed E-state index contributed by atoms with van der Waals surface area (Å²) in [4.78, 5) is 5.24. The lowest BCUT2D eigenvalue weighted by molar-refractivity contribution is 0.187. The van der Waals surface area contributed by atoms with Crippen molar-refractivity contribution >= 4 is 0 Å². The van der Waals surface area contributed by atoms with Gasteiger partial charge in [-0.05, 0) is 47.2 Å². The van der Waals surface area contributed by atoms with E-state index < -0.39 is 0 Å². The second-order valence-electron chi connectivity index (χ2n) is 6.64. The van der Waals surface area contributed by atoms with E-state index in [0.717, 1.165) is 12.6 Å². The molecule has 0 aromatic carbocycles. The molecule has 1 N–H and O–H groups in total. The van der Waals surface area contributed by atoms with Crippen LogP contribution in [0.4, 0.5) is 0 Å². The maximum Gasteiger partial charge on any atom is 0.0235 e. The van der Waals surface area contributed by atoms with Gasteiger partial charge in [0.25, 0.3) is 0 Å². The molecule has 0 radical (unpaired) electrons. The van der Waals surface area contributed by atoms with E-state index in [1.54, 1.807) is 0 Å². The largest absolute Gasteiger partial charge is 0.311 e. The first-order chi connectivity index (χ1) is 8.37. The molecule has 1 fully saturated rings. The van der Waals surface area contributed by atoms with Gasteiger partial charge in [0.05, 0.1) is 0 Å². The fourth-order valence-electron chi connectivity index (χ4n) is 2.79. The average molecular weight is 255 g/mol. The van der Waals surface area contributed by atoms with Gasteiger partial charge in [-0.2, -0.15) is 0 Å². The van der Waals surface area contributed by atoms with Crippen molar-refractivity contribution in [3.8, 4) is 0 Å². The highest BCUT2D eigenvalue weighted by Crippen LogP contribution is 2.17. The van der Waals surface area contributed by atoms with E-state index in [9.17, 15) is 0 Å². The Morgan fingerprint density at radius 3 is 2.39 bits per heavy atom. The highest BCUT2D eigenvalue weighted by molar-refractivity contribution is 4.86. The predicted octanol–water partition coefficient (Wildman–Crippen LogP) is 2.18. The van der Waals surface area contributed by atoms with Crippen molar-refractivity contribution in [2.45, 2.75) is 65.6 Å². The minimum Gasteiger partial charge on any atom is -0.311 e. The fourth-order valence-corrected chi connectivity index (χ4v) is 2.79. The van der Waals surface area contributed by atoms with Crippen molar-refractivity contribution in [1.29, 1.82) is 0 Å². The molecule has 0 aliphatic carbocycles. The van der Waals surface area contributed by atoms with Crippen LogP contribution in [0, 0.1) is 0 Å². The second-order valence-corrected chi connectivity index (χ2v) is 6.64. The van der Waals surface area contributed by atoms with Crippen molar-refractivity contribution in [3.63, 3.8) is 0 Å². The first-order valence-corrected chi connectivity index (χ1v) is 7.60. The Balaban J connectivity index is 2.36. The molecule has 0 aromatic rings. The summed E-state index contributed by atoms with van der Waals surface area (Å²) < 4.78 is 0. The molecule has 0 aromatic heterocycles. The Morgan fingerprint density at radius 2 is 1.89 bits per heavy atom. The molecule has 2 atom stereocenters. The SMILES string of the molecule is CCN(CC)C1CCN(C(C)CNC(C)(C)C)C1. The molecule has 3 nitrogen and oxygen atoms in total. The monoisotopic (exact) mass is 255 g/mol. The molecule has 0 amide bonds. The molecule has 2 unspecified atom stereocenters. The molecule has 108 valence electrons. The van der Waals surface area contributed by atoms with Gasteiger partial charge in [0.15, 0.2) is 0 Å². The van der Waals surface area contributed by atoms with E-state index in [0.29, 0.717) is 6.04 Å². The zero-order chi connectivity index (χ0) is 13.8. The zero-order valence-electron chi connectivity index (χ0n) is 13.3. The fraction of sp³-hybridized carbons (Fsp3) is 1.00. The maximum absolute atomic E-state index is 3.62. The number of nitrogens with zero attached hydrogens (tertiary/aromatic N) is 2. The van der Waals surface area contributed by atoms with Crippen molar-refractivity contribution < 1.29 is 0 Å². The molecule has 18 heavy (non-hydrogen) atoms. The molecule has 0 bridgehead atoms. The number of nitrogens with one attached hydrogen (secondary N) is 1. The minimum atomic E-state index is 0.228. The van der Waals surface area contributed by atoms with Gasteiger partial charge >= 0.3 is 0 Å². The van der Waals surface area contributed by atoms with Crippen LogP contribution in [0.15, 0.2) is 0 Å². The summed E-state index contributed by atoms with van der Waals surface area (Å²) in [5.41, 5.74) is 0.228. The van der Waals surface area contributed by atoms with Crippen LogP contribution in [0.2, 0.25) is 0 Å². The van der Waals surface area contributed by atoms with E-state index in [1.807, 2.05) is 0 Å². The molecule has 1 saturated heterocycles. The van der Waals surface area contributed by atoms with Gasteiger partial charge in [0.2, 0.25) is 0 Å². The number of likely N-dealkylation sites (N-methyl/N-ethyl adjacent to an activating group) is 1. The van der Waals surface area contributed by atoms with Gasteiger partial charge in [-0.25, -0.2) is 0 Å². The van der Waals surface area contributed by atoms with Crippen LogP contribution in [0.3, 0.4) is 0 Å². The lowest BCUT2D eigenvalue weighted by Crippen LogP contribution is -2.46. The highest BCUT2D eigenvalue weighted by atomic mass is 15.3. The normalized spacial score (nSPS) is 23.8. The third-order valence-electron chi connectivity index (χ3n) is 4.07. The number of hydrogen-bond donors (Lipinski definition) is 1. The smallest absolute Gasteiger partial charge is 0.0235 e. The molecular formula is C15H33N3. The summed E-state index contributed by atoms with van der Waals surface area (Å²) >= 11 is 0. The second kappa shape index (κ2) is 6.88. The summed E-state index contributed by atoms with van der Waals surface area (Å²) in [6, 6.07) is 1.42. The van der Waals surface area contributed by atoms with Gasteiger partial charge in [-0.3, -0.25) is 9.80 Å². The molecular weight excluding hydrogens is 222 g/mol. The van der Waals surface area contributed by atoms with Gasteiger partial charge in [0.1, 0.15) is 0 Å². The van der Waals surface area contributed by atoms with Crippen molar-refractivity contribution in [2.75, 3.05) is 32.7 Å². The maximum atomic E-state index is 3.62. The van der Waals surface area contributed by atoms with Crippen molar-refractivity contribution in [1.82, 2.24) is 15.1 Å². The molecule has 1 rings (SSSR count). The summed E-state index contributed by atoms with van der Waals surface area (Å²) in [6.07, 6.45) is 1.33. The summed E-state index contributed by atoms with van der Waals surface area (Å²) in [5.74, 6) is 0. The third-order valence-corrected chi connectivity index (χ3v) is 4.07. The van der Waals surface area contributed by atoms with Crippen LogP contribution in [0.25, 0.3) is 0 Å². The van der Waals surface area contributed by atoms with E-state index in [-0.39, 0.29) is 5.54 Å². The van der Waals surface area contributed by atoms with Gasteiger partial charge in [-0.1, -0.05) is 13.8 Å². The van der Waals surface area contributed by atoms with Crippen molar-refractivity contribution in [2.24, 2.45) is 0 Å². The average Bonchev–Trinajstić information content (AvgIpc) is 2.76. The van der Waals surface area contributed by atoms with Gasteiger partial charge in [-0.15, -0.1) is 0 Å². The first kappa shape index (κ1) is 15.9. The first-order valence-electron chi connectivity index (χ1n) is 7.60. The standard InChI is InChI=1S/C15H33N3/c1-7-17(8-2)14-9-10-18(12-14)13(3)11-16-15(4,5)6/h13-14,16H,7-12H2,1-6H3. The van der Waals surface area contributed by atoms with Crippen LogP contribution < -0.4 is 5.32 Å². The highest BCUT2D eigenvalue weighted by Gasteiger charge is 2.29. The summed E-state index contributed by atoms with van der Waals surface area (Å²) in [5, 5.41) is 3.62. The Labute approximate surface area is 114 Å². The predicted molar refractivity (Wildman–Crippen MR) is 80.1 cm³/mol. The molecule has 3 heteroatoms. The molecule has 0 spiro atoms. The van der Waals surface area contributed by atoms with Crippen LogP contribution in [0.5, 0.6) is 0 Å². The van der Waals surface area contributed by atoms with Crippen LogP contribution in [-0.2, 0) is 0 Å². The Morgan fingerprint density at radius 1 is 1.28 bits per heavy atom. The van der Waals surface area contributed by atoms with E-state index in [2.05, 4.69) is 56.7 Å². The summed E-state index contributed by atoms with van der Waals surface area (Å²) in [6.45, 7) is 19.6. The van der Waals surface area contributed by atoms with Crippen LogP contribution >= 0.6 is 0 Å². The van der Waals surface area contributed by atoms with E-state index in [1.165, 1.54) is 32.6 Å². The number of likely N-dealkylation sites (tertiary alicyclic amines) is 1. The Hall–Kier alpha value is -0.120. The zero-order valence-corrected chi connectivity index (χ0v) is 13.3. The number of hydrogen-bond acceptors (Lipinski definition) is 3. The topological polar surface area (TPSA) is 18.5 Å². The summed E-state index contributed by atoms with van der Waals surface area (Å²) in [7, 11) is 0. The lowest BCUT2D eigenvalue weighted by atomic mass is 10.1. The minimum absolute atomic E-state index is 0.228. The van der Waals surface area contributed by atoms with Crippen molar-refractivity contribution in [3.05, 3.63) is 0 Å². The van der Waals surface area contributed by atoms with E-state index >= 15 is 0 Å². The lowest BCUT2D eigenvalue weighted by Gasteiger charge is -2.30. The Kier molecular flexibility index (Phi) is 6.09. The molecule has 0 saturated carbocycles. The van der Waals surface area contributed by atoms with E-state index in [4.69, 9.17) is 0 Å².